The molecule has 1 fully saturated rings. The third-order valence-electron chi connectivity index (χ3n) is 2.95. The standard InChI is InChI=1S/C12H17NO4S/c1-10-8-13(6-7-17-10)18(15,16)12-4-2-11(9-14)3-5-12/h2-5,10,14H,6-9H2,1H3. The van der Waals surface area contributed by atoms with E-state index in [9.17, 15) is 8.42 Å². The molecule has 0 aromatic heterocycles. The molecular weight excluding hydrogens is 254 g/mol. The van der Waals surface area contributed by atoms with Crippen LogP contribution < -0.4 is 0 Å². The molecule has 0 radical (unpaired) electrons. The number of hydrogen-bond donors (Lipinski definition) is 1. The fourth-order valence-corrected chi connectivity index (χ4v) is 3.42. The van der Waals surface area contributed by atoms with E-state index in [4.69, 9.17) is 9.84 Å². The smallest absolute Gasteiger partial charge is 0.243 e. The molecule has 1 aliphatic heterocycles. The molecule has 1 N–H and O–H groups in total. The van der Waals surface area contributed by atoms with Gasteiger partial charge in [-0.2, -0.15) is 4.31 Å². The molecule has 1 heterocycles. The minimum Gasteiger partial charge on any atom is -0.392 e. The second kappa shape index (κ2) is 5.36. The molecule has 1 atom stereocenters. The monoisotopic (exact) mass is 271 g/mol. The molecule has 1 aromatic rings. The summed E-state index contributed by atoms with van der Waals surface area (Å²) >= 11 is 0. The lowest BCUT2D eigenvalue weighted by atomic mass is 10.2. The van der Waals surface area contributed by atoms with Crippen molar-refractivity contribution < 1.29 is 18.3 Å². The van der Waals surface area contributed by atoms with Crippen LogP contribution in [0.25, 0.3) is 0 Å². The molecule has 0 bridgehead atoms. The first-order valence-electron chi connectivity index (χ1n) is 5.85. The Morgan fingerprint density at radius 1 is 1.39 bits per heavy atom. The van der Waals surface area contributed by atoms with Gasteiger partial charge in [-0.15, -0.1) is 0 Å². The highest BCUT2D eigenvalue weighted by atomic mass is 32.2. The second-order valence-electron chi connectivity index (χ2n) is 4.35. The summed E-state index contributed by atoms with van der Waals surface area (Å²) in [5.74, 6) is 0. The third-order valence-corrected chi connectivity index (χ3v) is 4.83. The van der Waals surface area contributed by atoms with Gasteiger partial charge in [-0.25, -0.2) is 8.42 Å². The molecule has 6 heteroatoms. The number of sulfonamides is 1. The molecule has 5 nitrogen and oxygen atoms in total. The van der Waals surface area contributed by atoms with Gasteiger partial charge in [-0.1, -0.05) is 12.1 Å². The average molecular weight is 271 g/mol. The summed E-state index contributed by atoms with van der Waals surface area (Å²) in [5, 5.41) is 8.94. The average Bonchev–Trinajstić information content (AvgIpc) is 2.39. The highest BCUT2D eigenvalue weighted by Gasteiger charge is 2.28. The molecule has 1 saturated heterocycles. The van der Waals surface area contributed by atoms with Crippen LogP contribution in [0.1, 0.15) is 12.5 Å². The van der Waals surface area contributed by atoms with Gasteiger partial charge in [-0.3, -0.25) is 0 Å². The number of rotatable bonds is 3. The Bertz CT molecular complexity index is 497. The second-order valence-corrected chi connectivity index (χ2v) is 6.28. The molecule has 100 valence electrons. The van der Waals surface area contributed by atoms with Crippen molar-refractivity contribution in [2.45, 2.75) is 24.5 Å². The highest BCUT2D eigenvalue weighted by molar-refractivity contribution is 7.89. The highest BCUT2D eigenvalue weighted by Crippen LogP contribution is 2.19. The van der Waals surface area contributed by atoms with Crippen molar-refractivity contribution >= 4 is 10.0 Å². The van der Waals surface area contributed by atoms with Gasteiger partial charge in [0.25, 0.3) is 0 Å². The lowest BCUT2D eigenvalue weighted by molar-refractivity contribution is 0.0102. The van der Waals surface area contributed by atoms with Gasteiger partial charge >= 0.3 is 0 Å². The predicted molar refractivity (Wildman–Crippen MR) is 66.5 cm³/mol. The lowest BCUT2D eigenvalue weighted by Gasteiger charge is -2.30. The van der Waals surface area contributed by atoms with Crippen LogP contribution in [0.15, 0.2) is 29.2 Å². The number of aliphatic hydroxyl groups excluding tert-OH is 1. The maximum Gasteiger partial charge on any atom is 0.243 e. The Kier molecular flexibility index (Phi) is 4.01. The van der Waals surface area contributed by atoms with E-state index in [1.165, 1.54) is 16.4 Å². The summed E-state index contributed by atoms with van der Waals surface area (Å²) in [6.07, 6.45) is -0.0785. The summed E-state index contributed by atoms with van der Waals surface area (Å²) in [5.41, 5.74) is 0.698. The minimum atomic E-state index is -3.45. The van der Waals surface area contributed by atoms with Crippen LogP contribution in [0.3, 0.4) is 0 Å². The quantitative estimate of drug-likeness (QED) is 0.873. The molecule has 0 spiro atoms. The van der Waals surface area contributed by atoms with Crippen LogP contribution in [-0.2, 0) is 21.4 Å². The number of nitrogens with zero attached hydrogens (tertiary/aromatic N) is 1. The van der Waals surface area contributed by atoms with E-state index in [2.05, 4.69) is 0 Å². The first-order valence-corrected chi connectivity index (χ1v) is 7.29. The van der Waals surface area contributed by atoms with Gasteiger partial charge in [0.05, 0.1) is 24.2 Å². The Labute approximate surface area is 107 Å². The molecule has 1 aromatic carbocycles. The number of morpholine rings is 1. The molecule has 18 heavy (non-hydrogen) atoms. The fraction of sp³-hybridized carbons (Fsp3) is 0.500. The van der Waals surface area contributed by atoms with Gasteiger partial charge in [0.15, 0.2) is 0 Å². The Morgan fingerprint density at radius 3 is 2.61 bits per heavy atom. The first kappa shape index (κ1) is 13.5. The van der Waals surface area contributed by atoms with E-state index in [0.717, 1.165) is 0 Å². The van der Waals surface area contributed by atoms with Crippen molar-refractivity contribution in [3.8, 4) is 0 Å². The molecule has 1 aliphatic rings. The number of aliphatic hydroxyl groups is 1. The predicted octanol–water partition coefficient (Wildman–Crippen LogP) is 0.588. The fourth-order valence-electron chi connectivity index (χ4n) is 1.92. The van der Waals surface area contributed by atoms with Gasteiger partial charge in [-0.05, 0) is 24.6 Å². The Balaban J connectivity index is 2.23. The number of hydrogen-bond acceptors (Lipinski definition) is 4. The van der Waals surface area contributed by atoms with Gasteiger partial charge in [0.1, 0.15) is 0 Å². The summed E-state index contributed by atoms with van der Waals surface area (Å²) in [6, 6.07) is 6.30. The van der Waals surface area contributed by atoms with E-state index in [-0.39, 0.29) is 17.6 Å². The third kappa shape index (κ3) is 2.72. The normalized spacial score (nSPS) is 22.0. The zero-order valence-corrected chi connectivity index (χ0v) is 11.1. The van der Waals surface area contributed by atoms with Crippen LogP contribution in [0.2, 0.25) is 0 Å². The Morgan fingerprint density at radius 2 is 2.06 bits per heavy atom. The van der Waals surface area contributed by atoms with Gasteiger partial charge in [0.2, 0.25) is 10.0 Å². The molecule has 2 rings (SSSR count). The summed E-state index contributed by atoms with van der Waals surface area (Å²) in [4.78, 5) is 0.258. The van der Waals surface area contributed by atoms with E-state index in [1.807, 2.05) is 6.92 Å². The van der Waals surface area contributed by atoms with E-state index in [0.29, 0.717) is 25.3 Å². The number of ether oxygens (including phenoxy) is 1. The zero-order valence-electron chi connectivity index (χ0n) is 10.2. The topological polar surface area (TPSA) is 66.8 Å². The van der Waals surface area contributed by atoms with Crippen molar-refractivity contribution in [3.05, 3.63) is 29.8 Å². The molecule has 0 amide bonds. The van der Waals surface area contributed by atoms with Crippen molar-refractivity contribution in [2.24, 2.45) is 0 Å². The lowest BCUT2D eigenvalue weighted by Crippen LogP contribution is -2.44. The summed E-state index contributed by atoms with van der Waals surface area (Å²) in [6.45, 7) is 2.96. The maximum absolute atomic E-state index is 12.3. The van der Waals surface area contributed by atoms with Gasteiger partial charge in [0, 0.05) is 13.1 Å². The Hall–Kier alpha value is -0.950. The SMILES string of the molecule is CC1CN(S(=O)(=O)c2ccc(CO)cc2)CCO1. The largest absolute Gasteiger partial charge is 0.392 e. The van der Waals surface area contributed by atoms with Crippen molar-refractivity contribution in [3.63, 3.8) is 0 Å². The maximum atomic E-state index is 12.3. The van der Waals surface area contributed by atoms with Crippen molar-refractivity contribution in [1.82, 2.24) is 4.31 Å². The van der Waals surface area contributed by atoms with Crippen molar-refractivity contribution in [1.29, 1.82) is 0 Å². The van der Waals surface area contributed by atoms with Crippen LogP contribution in [0, 0.1) is 0 Å². The van der Waals surface area contributed by atoms with E-state index in [1.54, 1.807) is 12.1 Å². The number of benzene rings is 1. The first-order chi connectivity index (χ1) is 8.54. The van der Waals surface area contributed by atoms with E-state index < -0.39 is 10.0 Å². The summed E-state index contributed by atoms with van der Waals surface area (Å²) < 4.78 is 31.5. The molecular formula is C12H17NO4S. The van der Waals surface area contributed by atoms with Crippen LogP contribution in [-0.4, -0.2) is 43.6 Å². The van der Waals surface area contributed by atoms with Crippen LogP contribution in [0.4, 0.5) is 0 Å². The zero-order chi connectivity index (χ0) is 13.2. The van der Waals surface area contributed by atoms with Crippen LogP contribution >= 0.6 is 0 Å². The summed E-state index contributed by atoms with van der Waals surface area (Å²) in [7, 11) is -3.45. The van der Waals surface area contributed by atoms with Crippen molar-refractivity contribution in [2.75, 3.05) is 19.7 Å². The van der Waals surface area contributed by atoms with Crippen LogP contribution in [0.5, 0.6) is 0 Å². The van der Waals surface area contributed by atoms with Gasteiger partial charge < -0.3 is 9.84 Å². The molecule has 0 aliphatic carbocycles. The van der Waals surface area contributed by atoms with E-state index >= 15 is 0 Å². The molecule has 0 saturated carbocycles. The molecule has 1 unspecified atom stereocenters. The minimum absolute atomic E-state index is 0.0785.